The largest absolute Gasteiger partial charge is 0.388 e. The van der Waals surface area contributed by atoms with Crippen LogP contribution in [0.2, 0.25) is 0 Å². The molecule has 118 valence electrons. The van der Waals surface area contributed by atoms with Crippen molar-refractivity contribution in [1.82, 2.24) is 0 Å². The number of hydrogen-bond acceptors (Lipinski definition) is 5. The molecule has 6 nitrogen and oxygen atoms in total. The maximum absolute atomic E-state index is 10.6. The van der Waals surface area contributed by atoms with E-state index < -0.39 is 10.5 Å². The first-order chi connectivity index (χ1) is 9.88. The minimum absolute atomic E-state index is 0.0797. The van der Waals surface area contributed by atoms with E-state index in [9.17, 15) is 15.2 Å². The number of rotatable bonds is 3. The molecule has 0 aliphatic carbocycles. The van der Waals surface area contributed by atoms with Crippen LogP contribution in [-0.2, 0) is 4.74 Å². The topological polar surface area (TPSA) is 75.8 Å². The van der Waals surface area contributed by atoms with Gasteiger partial charge in [-0.05, 0) is 26.0 Å². The molecule has 1 aromatic carbocycles. The summed E-state index contributed by atoms with van der Waals surface area (Å²) in [5.74, 6) is 0. The van der Waals surface area contributed by atoms with E-state index in [-0.39, 0.29) is 11.8 Å². The molecule has 1 saturated heterocycles. The third kappa shape index (κ3) is 4.68. The van der Waals surface area contributed by atoms with Crippen LogP contribution >= 0.6 is 0 Å². The molecule has 21 heavy (non-hydrogen) atoms. The molecule has 0 saturated carbocycles. The summed E-state index contributed by atoms with van der Waals surface area (Å²) in [4.78, 5) is 12.3. The molecule has 6 heteroatoms. The minimum atomic E-state index is -0.903. The monoisotopic (exact) mass is 296 g/mol. The van der Waals surface area contributed by atoms with Crippen LogP contribution in [0.4, 0.5) is 11.4 Å². The number of anilines is 1. The number of non-ortho nitro benzene ring substituents is 1. The average Bonchev–Trinajstić information content (AvgIpc) is 2.49. The van der Waals surface area contributed by atoms with Crippen LogP contribution in [-0.4, -0.2) is 41.4 Å². The van der Waals surface area contributed by atoms with Crippen LogP contribution in [0.25, 0.3) is 0 Å². The zero-order chi connectivity index (χ0) is 16.0. The minimum Gasteiger partial charge on any atom is -0.388 e. The summed E-state index contributed by atoms with van der Waals surface area (Å²) in [5.41, 5.74) is 0.0820. The normalized spacial score (nSPS) is 18.7. The highest BCUT2D eigenvalue weighted by molar-refractivity contribution is 5.51. The van der Waals surface area contributed by atoms with Crippen LogP contribution in [0.15, 0.2) is 24.3 Å². The Kier molecular flexibility index (Phi) is 6.11. The van der Waals surface area contributed by atoms with Crippen LogP contribution in [0.5, 0.6) is 0 Å². The Hall–Kier alpha value is -1.66. The maximum Gasteiger partial charge on any atom is 0.269 e. The van der Waals surface area contributed by atoms with E-state index >= 15 is 0 Å². The predicted octanol–water partition coefficient (Wildman–Crippen LogP) is 2.60. The van der Waals surface area contributed by atoms with Gasteiger partial charge in [0.25, 0.3) is 5.69 Å². The number of nitro benzene ring substituents is 1. The number of nitro groups is 1. The third-order valence-corrected chi connectivity index (χ3v) is 3.28. The Balaban J connectivity index is 0.00000106. The molecule has 0 bridgehead atoms. The van der Waals surface area contributed by atoms with E-state index in [1.165, 1.54) is 12.1 Å². The van der Waals surface area contributed by atoms with Crippen molar-refractivity contribution in [3.05, 3.63) is 34.4 Å². The Morgan fingerprint density at radius 2 is 1.90 bits per heavy atom. The summed E-state index contributed by atoms with van der Waals surface area (Å²) < 4.78 is 5.56. The van der Waals surface area contributed by atoms with Gasteiger partial charge < -0.3 is 14.7 Å². The highest BCUT2D eigenvalue weighted by Crippen LogP contribution is 2.24. The van der Waals surface area contributed by atoms with Gasteiger partial charge in [-0.3, -0.25) is 10.1 Å². The van der Waals surface area contributed by atoms with Crippen LogP contribution in [0.1, 0.15) is 27.7 Å². The molecule has 1 aromatic rings. The Labute approximate surface area is 125 Å². The second-order valence-electron chi connectivity index (χ2n) is 5.23. The highest BCUT2D eigenvalue weighted by atomic mass is 16.6. The second kappa shape index (κ2) is 7.38. The maximum atomic E-state index is 10.6. The van der Waals surface area contributed by atoms with Crippen molar-refractivity contribution in [2.45, 2.75) is 39.4 Å². The van der Waals surface area contributed by atoms with Crippen molar-refractivity contribution in [3.63, 3.8) is 0 Å². The molecular formula is C15H24N2O4. The van der Waals surface area contributed by atoms with E-state index in [0.717, 1.165) is 5.69 Å². The standard InChI is InChI=1S/C13H18N2O4.C2H6/c1-13(2,16)12-9-14(7-8-19-12)10-3-5-11(6-4-10)15(17)18;1-2/h3-6,12,16H,7-9H2,1-2H3;1-2H3. The van der Waals surface area contributed by atoms with Crippen molar-refractivity contribution in [2.75, 3.05) is 24.6 Å². The van der Waals surface area contributed by atoms with Crippen LogP contribution in [0.3, 0.4) is 0 Å². The molecule has 1 N–H and O–H groups in total. The van der Waals surface area contributed by atoms with Gasteiger partial charge >= 0.3 is 0 Å². The Bertz CT molecular complexity index is 454. The number of benzene rings is 1. The van der Waals surface area contributed by atoms with Crippen LogP contribution in [0, 0.1) is 10.1 Å². The van der Waals surface area contributed by atoms with Crippen molar-refractivity contribution in [2.24, 2.45) is 0 Å². The van der Waals surface area contributed by atoms with Gasteiger partial charge in [0.05, 0.1) is 17.1 Å². The fraction of sp³-hybridized carbons (Fsp3) is 0.600. The third-order valence-electron chi connectivity index (χ3n) is 3.28. The highest BCUT2D eigenvalue weighted by Gasteiger charge is 2.32. The SMILES string of the molecule is CC.CC(C)(O)C1CN(c2ccc([N+](=O)[O-])cc2)CCO1. The van der Waals surface area contributed by atoms with Crippen LogP contribution < -0.4 is 4.90 Å². The first-order valence-electron chi connectivity index (χ1n) is 7.21. The van der Waals surface area contributed by atoms with Gasteiger partial charge in [-0.25, -0.2) is 0 Å². The van der Waals surface area contributed by atoms with Gasteiger partial charge in [0.2, 0.25) is 0 Å². The number of morpholine rings is 1. The first kappa shape index (κ1) is 17.4. The van der Waals surface area contributed by atoms with E-state index in [2.05, 4.69) is 4.90 Å². The summed E-state index contributed by atoms with van der Waals surface area (Å²) in [6, 6.07) is 6.43. The number of hydrogen-bond donors (Lipinski definition) is 1. The quantitative estimate of drug-likeness (QED) is 0.685. The van der Waals surface area contributed by atoms with Gasteiger partial charge in [-0.15, -0.1) is 0 Å². The molecule has 1 aliphatic rings. The lowest BCUT2D eigenvalue weighted by molar-refractivity contribution is -0.384. The summed E-state index contributed by atoms with van der Waals surface area (Å²) in [6.07, 6.45) is -0.267. The van der Waals surface area contributed by atoms with Gasteiger partial charge in [-0.1, -0.05) is 13.8 Å². The first-order valence-corrected chi connectivity index (χ1v) is 7.21. The van der Waals surface area contributed by atoms with E-state index in [4.69, 9.17) is 4.74 Å². The zero-order valence-corrected chi connectivity index (χ0v) is 13.1. The molecule has 1 unspecified atom stereocenters. The van der Waals surface area contributed by atoms with Crippen molar-refractivity contribution in [3.8, 4) is 0 Å². The molecule has 0 amide bonds. The number of nitrogens with zero attached hydrogens (tertiary/aromatic N) is 2. The molecular weight excluding hydrogens is 272 g/mol. The second-order valence-corrected chi connectivity index (χ2v) is 5.23. The lowest BCUT2D eigenvalue weighted by Gasteiger charge is -2.39. The van der Waals surface area contributed by atoms with Gasteiger partial charge in [0.1, 0.15) is 6.10 Å². The van der Waals surface area contributed by atoms with Gasteiger partial charge in [-0.2, -0.15) is 0 Å². The predicted molar refractivity (Wildman–Crippen MR) is 82.7 cm³/mol. The lowest BCUT2D eigenvalue weighted by Crippen LogP contribution is -2.52. The lowest BCUT2D eigenvalue weighted by atomic mass is 10.00. The number of ether oxygens (including phenoxy) is 1. The van der Waals surface area contributed by atoms with E-state index in [1.54, 1.807) is 26.0 Å². The van der Waals surface area contributed by atoms with Crippen molar-refractivity contribution in [1.29, 1.82) is 0 Å². The molecule has 2 rings (SSSR count). The summed E-state index contributed by atoms with van der Waals surface area (Å²) in [5, 5.41) is 20.6. The van der Waals surface area contributed by atoms with Gasteiger partial charge in [0.15, 0.2) is 0 Å². The summed E-state index contributed by atoms with van der Waals surface area (Å²) >= 11 is 0. The molecule has 0 radical (unpaired) electrons. The molecule has 0 spiro atoms. The summed E-state index contributed by atoms with van der Waals surface area (Å²) in [6.45, 7) is 9.26. The smallest absolute Gasteiger partial charge is 0.269 e. The van der Waals surface area contributed by atoms with Gasteiger partial charge in [0, 0.05) is 30.9 Å². The van der Waals surface area contributed by atoms with Crippen molar-refractivity contribution < 1.29 is 14.8 Å². The molecule has 0 aromatic heterocycles. The Morgan fingerprint density at radius 3 is 2.38 bits per heavy atom. The van der Waals surface area contributed by atoms with E-state index in [0.29, 0.717) is 19.7 Å². The van der Waals surface area contributed by atoms with Crippen molar-refractivity contribution >= 4 is 11.4 Å². The molecule has 1 heterocycles. The molecule has 1 aliphatic heterocycles. The fourth-order valence-corrected chi connectivity index (χ4v) is 2.10. The Morgan fingerprint density at radius 1 is 1.33 bits per heavy atom. The van der Waals surface area contributed by atoms with E-state index in [1.807, 2.05) is 13.8 Å². The fourth-order valence-electron chi connectivity index (χ4n) is 2.10. The number of aliphatic hydroxyl groups is 1. The molecule has 1 fully saturated rings. The molecule has 1 atom stereocenters. The summed E-state index contributed by atoms with van der Waals surface area (Å²) in [7, 11) is 0. The average molecular weight is 296 g/mol. The zero-order valence-electron chi connectivity index (χ0n) is 13.1.